The van der Waals surface area contributed by atoms with E-state index in [0.29, 0.717) is 11.8 Å². The molecule has 0 N–H and O–H groups in total. The van der Waals surface area contributed by atoms with Gasteiger partial charge in [0.25, 0.3) is 0 Å². The van der Waals surface area contributed by atoms with Gasteiger partial charge < -0.3 is 9.47 Å². The van der Waals surface area contributed by atoms with Gasteiger partial charge in [-0.15, -0.1) is 0 Å². The minimum Gasteiger partial charge on any atom is -0.351 e. The van der Waals surface area contributed by atoms with Gasteiger partial charge in [-0.2, -0.15) is 0 Å². The minimum absolute atomic E-state index is 0.502. The molecule has 0 amide bonds. The van der Waals surface area contributed by atoms with E-state index < -0.39 is 5.79 Å². The molecule has 0 aliphatic heterocycles. The summed E-state index contributed by atoms with van der Waals surface area (Å²) in [5.41, 5.74) is 2.48. The summed E-state index contributed by atoms with van der Waals surface area (Å²) >= 11 is 0. The van der Waals surface area contributed by atoms with Gasteiger partial charge in [0.1, 0.15) is 0 Å². The molecule has 2 aliphatic rings. The number of fused-ring (bicyclic) bond motifs is 1. The second-order valence-corrected chi connectivity index (χ2v) is 6.73. The van der Waals surface area contributed by atoms with Crippen LogP contribution in [0.15, 0.2) is 60.7 Å². The molecule has 0 unspecified atom stereocenters. The van der Waals surface area contributed by atoms with Crippen LogP contribution < -0.4 is 0 Å². The highest BCUT2D eigenvalue weighted by Crippen LogP contribution is 2.63. The maximum absolute atomic E-state index is 6.12. The lowest BCUT2D eigenvalue weighted by Crippen LogP contribution is -2.44. The first-order chi connectivity index (χ1) is 11.8. The number of hydrogen-bond acceptors (Lipinski definition) is 2. The van der Waals surface area contributed by atoms with Crippen LogP contribution in [-0.2, 0) is 9.47 Å². The van der Waals surface area contributed by atoms with Crippen LogP contribution in [-0.4, -0.2) is 20.0 Å². The fourth-order valence-corrected chi connectivity index (χ4v) is 4.85. The summed E-state index contributed by atoms with van der Waals surface area (Å²) in [5.74, 6) is 2.85. The van der Waals surface area contributed by atoms with Crippen molar-refractivity contribution in [2.75, 3.05) is 14.2 Å². The van der Waals surface area contributed by atoms with Gasteiger partial charge in [-0.1, -0.05) is 67.1 Å². The number of benzene rings is 2. The predicted octanol–water partition coefficient (Wildman–Crippen LogP) is 4.65. The average Bonchev–Trinajstić information content (AvgIpc) is 3.20. The van der Waals surface area contributed by atoms with Gasteiger partial charge in [0, 0.05) is 14.2 Å². The largest absolute Gasteiger partial charge is 0.351 e. The van der Waals surface area contributed by atoms with Crippen LogP contribution in [0.4, 0.5) is 0 Å². The van der Waals surface area contributed by atoms with E-state index in [1.54, 1.807) is 14.2 Å². The van der Waals surface area contributed by atoms with Crippen molar-refractivity contribution in [2.24, 2.45) is 11.8 Å². The first kappa shape index (κ1) is 15.9. The van der Waals surface area contributed by atoms with E-state index in [4.69, 9.17) is 9.47 Å². The third-order valence-corrected chi connectivity index (χ3v) is 5.71. The number of hydrogen-bond donors (Lipinski definition) is 0. The van der Waals surface area contributed by atoms with Crippen molar-refractivity contribution in [3.63, 3.8) is 0 Å². The highest BCUT2D eigenvalue weighted by atomic mass is 16.7. The summed E-state index contributed by atoms with van der Waals surface area (Å²) in [7, 11) is 3.55. The zero-order chi connectivity index (χ0) is 16.6. The standard InChI is InChI=1S/C22H24O2/c1-23-22(24-2)20(16-10-5-3-6-11-16)18-14-9-15-19(18)21(22)17-12-7-4-8-13-17/h3-8,10-13,18-19H,9,14-15H2,1-2H3/t18-,19+. The normalized spacial score (nSPS) is 26.6. The number of ether oxygens (including phenoxy) is 2. The summed E-state index contributed by atoms with van der Waals surface area (Å²) < 4.78 is 12.2. The molecule has 4 rings (SSSR count). The molecule has 0 saturated heterocycles. The number of rotatable bonds is 4. The smallest absolute Gasteiger partial charge is 0.189 e. The highest BCUT2D eigenvalue weighted by Gasteiger charge is 2.64. The molecule has 2 aliphatic carbocycles. The molecule has 2 aromatic rings. The van der Waals surface area contributed by atoms with Gasteiger partial charge >= 0.3 is 0 Å². The zero-order valence-electron chi connectivity index (χ0n) is 14.4. The second-order valence-electron chi connectivity index (χ2n) is 6.73. The Bertz CT molecular complexity index is 607. The Morgan fingerprint density at radius 3 is 1.50 bits per heavy atom. The van der Waals surface area contributed by atoms with Crippen LogP contribution >= 0.6 is 0 Å². The van der Waals surface area contributed by atoms with Gasteiger partial charge in [-0.05, 0) is 35.8 Å². The molecule has 0 aromatic heterocycles. The van der Waals surface area contributed by atoms with Crippen molar-refractivity contribution >= 4 is 0 Å². The Balaban J connectivity index is 1.87. The molecule has 2 radical (unpaired) electrons. The summed E-state index contributed by atoms with van der Waals surface area (Å²) in [5, 5.41) is 0. The third kappa shape index (κ3) is 2.24. The second kappa shape index (κ2) is 6.34. The lowest BCUT2D eigenvalue weighted by atomic mass is 9.82. The van der Waals surface area contributed by atoms with Crippen LogP contribution in [0.3, 0.4) is 0 Å². The maximum Gasteiger partial charge on any atom is 0.189 e. The third-order valence-electron chi connectivity index (χ3n) is 5.71. The average molecular weight is 320 g/mol. The maximum atomic E-state index is 6.12. The van der Waals surface area contributed by atoms with Gasteiger partial charge in [-0.3, -0.25) is 0 Å². The van der Waals surface area contributed by atoms with E-state index in [-0.39, 0.29) is 0 Å². The molecular weight excluding hydrogens is 296 g/mol. The van der Waals surface area contributed by atoms with E-state index in [0.717, 1.165) is 0 Å². The first-order valence-electron chi connectivity index (χ1n) is 8.77. The predicted molar refractivity (Wildman–Crippen MR) is 95.2 cm³/mol. The Morgan fingerprint density at radius 1 is 0.708 bits per heavy atom. The molecular formula is C22H24O2. The van der Waals surface area contributed by atoms with Crippen molar-refractivity contribution in [1.29, 1.82) is 0 Å². The molecule has 0 bridgehead atoms. The monoisotopic (exact) mass is 320 g/mol. The topological polar surface area (TPSA) is 18.5 Å². The molecule has 2 heteroatoms. The summed E-state index contributed by atoms with van der Waals surface area (Å²) in [6, 6.07) is 21.3. The van der Waals surface area contributed by atoms with E-state index in [2.05, 4.69) is 60.7 Å². The van der Waals surface area contributed by atoms with Gasteiger partial charge in [0.05, 0.1) is 11.8 Å². The minimum atomic E-state index is -0.752. The molecule has 124 valence electrons. The van der Waals surface area contributed by atoms with Crippen LogP contribution in [0.1, 0.15) is 30.4 Å². The van der Waals surface area contributed by atoms with Crippen LogP contribution in [0, 0.1) is 23.7 Å². The molecule has 0 spiro atoms. The summed E-state index contributed by atoms with van der Waals surface area (Å²) in [4.78, 5) is 0. The number of methoxy groups -OCH3 is 2. The van der Waals surface area contributed by atoms with Crippen LogP contribution in [0.2, 0.25) is 0 Å². The fourth-order valence-electron chi connectivity index (χ4n) is 4.85. The molecule has 2 saturated carbocycles. The summed E-state index contributed by atoms with van der Waals surface area (Å²) in [6.07, 6.45) is 3.69. The lowest BCUT2D eigenvalue weighted by molar-refractivity contribution is -0.171. The van der Waals surface area contributed by atoms with Crippen LogP contribution in [0.25, 0.3) is 0 Å². The van der Waals surface area contributed by atoms with Crippen LogP contribution in [0.5, 0.6) is 0 Å². The fraction of sp³-hybridized carbons (Fsp3) is 0.364. The SMILES string of the molecule is COC1(OC)[C](c2ccccc2)[C@H]2CCC[C@H]2[C]1c1ccccc1. The van der Waals surface area contributed by atoms with Gasteiger partial charge in [0.15, 0.2) is 5.79 Å². The van der Waals surface area contributed by atoms with Gasteiger partial charge in [-0.25, -0.2) is 0 Å². The van der Waals surface area contributed by atoms with Crippen molar-refractivity contribution < 1.29 is 9.47 Å². The van der Waals surface area contributed by atoms with Crippen molar-refractivity contribution in [2.45, 2.75) is 25.0 Å². The zero-order valence-corrected chi connectivity index (χ0v) is 14.4. The molecule has 2 aromatic carbocycles. The molecule has 24 heavy (non-hydrogen) atoms. The van der Waals surface area contributed by atoms with Gasteiger partial charge in [0.2, 0.25) is 0 Å². The summed E-state index contributed by atoms with van der Waals surface area (Å²) in [6.45, 7) is 0. The molecule has 2 fully saturated rings. The quantitative estimate of drug-likeness (QED) is 0.763. The van der Waals surface area contributed by atoms with Crippen molar-refractivity contribution in [3.8, 4) is 0 Å². The Kier molecular flexibility index (Phi) is 4.19. The Labute approximate surface area is 144 Å². The molecule has 2 nitrogen and oxygen atoms in total. The Morgan fingerprint density at radius 2 is 1.12 bits per heavy atom. The molecule has 0 heterocycles. The van der Waals surface area contributed by atoms with E-state index in [9.17, 15) is 0 Å². The van der Waals surface area contributed by atoms with Crippen molar-refractivity contribution in [3.05, 3.63) is 83.6 Å². The highest BCUT2D eigenvalue weighted by molar-refractivity contribution is 5.53. The van der Waals surface area contributed by atoms with E-state index >= 15 is 0 Å². The van der Waals surface area contributed by atoms with E-state index in [1.165, 1.54) is 42.2 Å². The lowest BCUT2D eigenvalue weighted by Gasteiger charge is -2.39. The van der Waals surface area contributed by atoms with Crippen molar-refractivity contribution in [1.82, 2.24) is 0 Å². The first-order valence-corrected chi connectivity index (χ1v) is 8.77. The molecule has 2 atom stereocenters. The Hall–Kier alpha value is -1.64. The van der Waals surface area contributed by atoms with E-state index in [1.807, 2.05) is 0 Å².